The summed E-state index contributed by atoms with van der Waals surface area (Å²) in [4.78, 5) is 0.243. The van der Waals surface area contributed by atoms with Crippen molar-refractivity contribution in [3.63, 3.8) is 0 Å². The summed E-state index contributed by atoms with van der Waals surface area (Å²) in [6, 6.07) is 0.0613. The standard InChI is InChI=1S/C13H22ClN3O2S/c1-9-6-4-5-7-12(9)17(3)20(18,19)13-10(2)15-16-11(13)8-14/h9,12H,4-8H2,1-3H3,(H,15,16). The molecule has 0 amide bonds. The van der Waals surface area contributed by atoms with E-state index in [-0.39, 0.29) is 16.8 Å². The summed E-state index contributed by atoms with van der Waals surface area (Å²) in [7, 11) is -1.87. The number of sulfonamides is 1. The normalized spacial score (nSPS) is 24.2. The van der Waals surface area contributed by atoms with Gasteiger partial charge in [-0.15, -0.1) is 11.6 Å². The van der Waals surface area contributed by atoms with Gasteiger partial charge in [0.15, 0.2) is 0 Å². The summed E-state index contributed by atoms with van der Waals surface area (Å²) in [5, 5.41) is 6.71. The number of aryl methyl sites for hydroxylation is 1. The van der Waals surface area contributed by atoms with Crippen LogP contribution in [0.25, 0.3) is 0 Å². The second-order valence-electron chi connectivity index (χ2n) is 5.61. The minimum absolute atomic E-state index is 0.0613. The van der Waals surface area contributed by atoms with Gasteiger partial charge >= 0.3 is 0 Å². The molecule has 0 aromatic carbocycles. The Hall–Kier alpha value is -0.590. The molecule has 2 rings (SSSR count). The van der Waals surface area contributed by atoms with Crippen LogP contribution in [0.1, 0.15) is 44.0 Å². The average molecular weight is 320 g/mol. The maximum Gasteiger partial charge on any atom is 0.246 e. The first kappa shape index (κ1) is 15.8. The molecule has 1 aliphatic carbocycles. The number of nitrogens with one attached hydrogen (secondary N) is 1. The monoisotopic (exact) mass is 319 g/mol. The van der Waals surface area contributed by atoms with Crippen LogP contribution in [0.15, 0.2) is 4.90 Å². The van der Waals surface area contributed by atoms with Crippen molar-refractivity contribution in [1.82, 2.24) is 14.5 Å². The van der Waals surface area contributed by atoms with Gasteiger partial charge in [-0.05, 0) is 25.7 Å². The van der Waals surface area contributed by atoms with Crippen molar-refractivity contribution in [2.45, 2.75) is 56.3 Å². The Balaban J connectivity index is 2.36. The van der Waals surface area contributed by atoms with E-state index in [2.05, 4.69) is 17.1 Å². The lowest BCUT2D eigenvalue weighted by Crippen LogP contribution is -2.42. The Morgan fingerprint density at radius 3 is 2.65 bits per heavy atom. The van der Waals surface area contributed by atoms with Crippen molar-refractivity contribution < 1.29 is 8.42 Å². The molecule has 1 heterocycles. The maximum atomic E-state index is 12.8. The highest BCUT2D eigenvalue weighted by molar-refractivity contribution is 7.89. The van der Waals surface area contributed by atoms with Gasteiger partial charge in [0.1, 0.15) is 4.90 Å². The molecule has 1 aromatic rings. The van der Waals surface area contributed by atoms with Crippen LogP contribution in [0, 0.1) is 12.8 Å². The Labute approximate surface area is 125 Å². The molecule has 0 saturated heterocycles. The van der Waals surface area contributed by atoms with Crippen LogP contribution in [-0.4, -0.2) is 36.0 Å². The predicted octanol–water partition coefficient (Wildman–Crippen LogP) is 2.66. The first-order valence-electron chi connectivity index (χ1n) is 6.97. The molecule has 0 aliphatic heterocycles. The van der Waals surface area contributed by atoms with E-state index in [1.54, 1.807) is 14.0 Å². The Bertz CT molecular complexity index is 570. The van der Waals surface area contributed by atoms with E-state index in [1.165, 1.54) is 10.7 Å². The smallest absolute Gasteiger partial charge is 0.246 e. The molecular weight excluding hydrogens is 298 g/mol. The van der Waals surface area contributed by atoms with Gasteiger partial charge in [0, 0.05) is 13.1 Å². The molecule has 1 aliphatic rings. The Kier molecular flexibility index (Phi) is 4.76. The fourth-order valence-corrected chi connectivity index (χ4v) is 5.14. The molecule has 2 unspecified atom stereocenters. The van der Waals surface area contributed by atoms with E-state index in [1.807, 2.05) is 0 Å². The molecule has 1 aromatic heterocycles. The highest BCUT2D eigenvalue weighted by atomic mass is 35.5. The van der Waals surface area contributed by atoms with Gasteiger partial charge in [0.25, 0.3) is 0 Å². The third-order valence-electron chi connectivity index (χ3n) is 4.26. The highest BCUT2D eigenvalue weighted by Gasteiger charge is 2.35. The van der Waals surface area contributed by atoms with E-state index in [0.29, 0.717) is 17.3 Å². The van der Waals surface area contributed by atoms with Gasteiger partial charge in [-0.1, -0.05) is 19.8 Å². The molecule has 0 radical (unpaired) electrons. The molecule has 5 nitrogen and oxygen atoms in total. The molecule has 0 bridgehead atoms. The van der Waals surface area contributed by atoms with E-state index in [9.17, 15) is 8.42 Å². The number of aromatic amines is 1. The zero-order chi connectivity index (χ0) is 14.9. The number of hydrogen-bond acceptors (Lipinski definition) is 3. The Morgan fingerprint density at radius 2 is 2.05 bits per heavy atom. The fraction of sp³-hybridized carbons (Fsp3) is 0.769. The molecule has 20 heavy (non-hydrogen) atoms. The van der Waals surface area contributed by atoms with Crippen molar-refractivity contribution >= 4 is 21.6 Å². The van der Waals surface area contributed by atoms with E-state index >= 15 is 0 Å². The second kappa shape index (κ2) is 6.03. The third-order valence-corrected chi connectivity index (χ3v) is 6.60. The van der Waals surface area contributed by atoms with Crippen LogP contribution < -0.4 is 0 Å². The quantitative estimate of drug-likeness (QED) is 0.868. The van der Waals surface area contributed by atoms with Crippen LogP contribution >= 0.6 is 11.6 Å². The van der Waals surface area contributed by atoms with Crippen molar-refractivity contribution in [2.24, 2.45) is 5.92 Å². The van der Waals surface area contributed by atoms with Crippen molar-refractivity contribution in [3.05, 3.63) is 11.4 Å². The summed E-state index contributed by atoms with van der Waals surface area (Å²) < 4.78 is 27.2. The molecular formula is C13H22ClN3O2S. The summed E-state index contributed by atoms with van der Waals surface area (Å²) >= 11 is 5.81. The first-order chi connectivity index (χ1) is 9.39. The number of alkyl halides is 1. The molecule has 114 valence electrons. The molecule has 1 fully saturated rings. The topological polar surface area (TPSA) is 66.1 Å². The van der Waals surface area contributed by atoms with Crippen LogP contribution in [-0.2, 0) is 15.9 Å². The number of aromatic nitrogens is 2. The maximum absolute atomic E-state index is 12.8. The summed E-state index contributed by atoms with van der Waals surface area (Å²) in [5.41, 5.74) is 0.954. The van der Waals surface area contributed by atoms with E-state index in [0.717, 1.165) is 19.3 Å². The van der Waals surface area contributed by atoms with Crippen LogP contribution in [0.3, 0.4) is 0 Å². The molecule has 2 atom stereocenters. The largest absolute Gasteiger partial charge is 0.281 e. The van der Waals surface area contributed by atoms with E-state index < -0.39 is 10.0 Å². The summed E-state index contributed by atoms with van der Waals surface area (Å²) in [6.07, 6.45) is 4.27. The van der Waals surface area contributed by atoms with Gasteiger partial charge in [-0.3, -0.25) is 5.10 Å². The molecule has 1 N–H and O–H groups in total. The van der Waals surface area contributed by atoms with Gasteiger partial charge in [0.05, 0.1) is 17.3 Å². The fourth-order valence-electron chi connectivity index (χ4n) is 3.06. The highest BCUT2D eigenvalue weighted by Crippen LogP contribution is 2.32. The van der Waals surface area contributed by atoms with Crippen LogP contribution in [0.4, 0.5) is 0 Å². The van der Waals surface area contributed by atoms with Gasteiger partial charge in [-0.25, -0.2) is 8.42 Å². The lowest BCUT2D eigenvalue weighted by atomic mass is 9.86. The molecule has 0 spiro atoms. The average Bonchev–Trinajstić information content (AvgIpc) is 2.80. The molecule has 1 saturated carbocycles. The zero-order valence-corrected chi connectivity index (χ0v) is 13.8. The van der Waals surface area contributed by atoms with Crippen molar-refractivity contribution in [2.75, 3.05) is 7.05 Å². The minimum Gasteiger partial charge on any atom is -0.281 e. The van der Waals surface area contributed by atoms with Crippen LogP contribution in [0.2, 0.25) is 0 Å². The van der Waals surface area contributed by atoms with Crippen molar-refractivity contribution in [1.29, 1.82) is 0 Å². The second-order valence-corrected chi connectivity index (χ2v) is 7.81. The minimum atomic E-state index is -3.55. The SMILES string of the molecule is Cc1[nH]nc(CCl)c1S(=O)(=O)N(C)C1CCCCC1C. The predicted molar refractivity (Wildman–Crippen MR) is 79.3 cm³/mol. The van der Waals surface area contributed by atoms with Gasteiger partial charge in [-0.2, -0.15) is 9.40 Å². The number of rotatable bonds is 4. The summed E-state index contributed by atoms with van der Waals surface area (Å²) in [5.74, 6) is 0.475. The van der Waals surface area contributed by atoms with Gasteiger partial charge in [0.2, 0.25) is 10.0 Å². The number of hydrogen-bond donors (Lipinski definition) is 1. The number of halogens is 1. The third kappa shape index (κ3) is 2.73. The Morgan fingerprint density at radius 1 is 1.40 bits per heavy atom. The van der Waals surface area contributed by atoms with E-state index in [4.69, 9.17) is 11.6 Å². The van der Waals surface area contributed by atoms with Crippen LogP contribution in [0.5, 0.6) is 0 Å². The van der Waals surface area contributed by atoms with Crippen molar-refractivity contribution in [3.8, 4) is 0 Å². The molecule has 7 heteroatoms. The number of H-pyrrole nitrogens is 1. The lowest BCUT2D eigenvalue weighted by molar-refractivity contribution is 0.213. The summed E-state index contributed by atoms with van der Waals surface area (Å²) in [6.45, 7) is 3.84. The number of nitrogens with zero attached hydrogens (tertiary/aromatic N) is 2. The zero-order valence-electron chi connectivity index (χ0n) is 12.2. The lowest BCUT2D eigenvalue weighted by Gasteiger charge is -2.35. The first-order valence-corrected chi connectivity index (χ1v) is 8.95. The van der Waals surface area contributed by atoms with Gasteiger partial charge < -0.3 is 0 Å².